The average Bonchev–Trinajstić information content (AvgIpc) is 3.28. The number of benzene rings is 1. The molecule has 30 heavy (non-hydrogen) atoms. The molecule has 0 saturated carbocycles. The van der Waals surface area contributed by atoms with Gasteiger partial charge in [0.25, 0.3) is 5.91 Å². The van der Waals surface area contributed by atoms with E-state index in [1.165, 1.54) is 21.2 Å². The Kier molecular flexibility index (Phi) is 6.54. The van der Waals surface area contributed by atoms with Crippen LogP contribution in [0.1, 0.15) is 27.7 Å². The molecule has 1 N–H and O–H groups in total. The molecule has 1 unspecified atom stereocenters. The van der Waals surface area contributed by atoms with Gasteiger partial charge in [0, 0.05) is 38.8 Å². The molecule has 1 amide bonds. The molecule has 2 aliphatic heterocycles. The second-order valence-electron chi connectivity index (χ2n) is 7.68. The van der Waals surface area contributed by atoms with Crippen LogP contribution in [-0.4, -0.2) is 69.0 Å². The lowest BCUT2D eigenvalue weighted by atomic mass is 10.0. The summed E-state index contributed by atoms with van der Waals surface area (Å²) < 4.78 is 33.4. The number of nitrogens with zero attached hydrogens (tertiary/aromatic N) is 2. The summed E-state index contributed by atoms with van der Waals surface area (Å²) in [7, 11) is -3.74. The zero-order valence-corrected chi connectivity index (χ0v) is 18.7. The molecule has 1 atom stereocenters. The number of rotatable bonds is 6. The summed E-state index contributed by atoms with van der Waals surface area (Å²) in [5.41, 5.74) is 2.21. The predicted molar refractivity (Wildman–Crippen MR) is 116 cm³/mol. The Morgan fingerprint density at radius 1 is 1.17 bits per heavy atom. The second kappa shape index (κ2) is 9.15. The van der Waals surface area contributed by atoms with Gasteiger partial charge in [-0.15, -0.1) is 11.3 Å². The molecule has 162 valence electrons. The highest BCUT2D eigenvalue weighted by Crippen LogP contribution is 2.29. The lowest BCUT2D eigenvalue weighted by Crippen LogP contribution is -2.47. The van der Waals surface area contributed by atoms with E-state index < -0.39 is 10.0 Å². The first-order chi connectivity index (χ1) is 14.5. The molecule has 0 aliphatic carbocycles. The maximum absolute atomic E-state index is 13.3. The van der Waals surface area contributed by atoms with Crippen molar-refractivity contribution in [3.05, 3.63) is 51.7 Å². The van der Waals surface area contributed by atoms with Gasteiger partial charge in [-0.25, -0.2) is 8.42 Å². The third-order valence-corrected chi connectivity index (χ3v) is 8.71. The van der Waals surface area contributed by atoms with Crippen molar-refractivity contribution >= 4 is 27.3 Å². The van der Waals surface area contributed by atoms with Gasteiger partial charge in [0.1, 0.15) is 9.77 Å². The van der Waals surface area contributed by atoms with Crippen LogP contribution in [0.2, 0.25) is 0 Å². The molecule has 1 saturated heterocycles. The fraction of sp³-hybridized carbons (Fsp3) is 0.476. The SMILES string of the molecule is CC(CNC(=O)c1sccc1S(=O)(=O)N1CCc2ccccc2C1)N1CCOCC1. The smallest absolute Gasteiger partial charge is 0.262 e. The van der Waals surface area contributed by atoms with Gasteiger partial charge in [-0.2, -0.15) is 4.31 Å². The number of hydrogen-bond acceptors (Lipinski definition) is 6. The monoisotopic (exact) mass is 449 g/mol. The minimum Gasteiger partial charge on any atom is -0.379 e. The number of sulfonamides is 1. The van der Waals surface area contributed by atoms with Crippen molar-refractivity contribution in [2.45, 2.75) is 30.8 Å². The number of amides is 1. The van der Waals surface area contributed by atoms with E-state index in [2.05, 4.69) is 17.1 Å². The third-order valence-electron chi connectivity index (χ3n) is 5.78. The van der Waals surface area contributed by atoms with Crippen LogP contribution < -0.4 is 5.32 Å². The number of carbonyl (C=O) groups is 1. The van der Waals surface area contributed by atoms with Crippen molar-refractivity contribution in [2.75, 3.05) is 39.4 Å². The van der Waals surface area contributed by atoms with Crippen LogP contribution in [0.5, 0.6) is 0 Å². The van der Waals surface area contributed by atoms with Gasteiger partial charge in [-0.05, 0) is 35.9 Å². The molecule has 4 rings (SSSR count). The fourth-order valence-electron chi connectivity index (χ4n) is 3.95. The Labute approximate surface area is 181 Å². The Morgan fingerprint density at radius 3 is 2.67 bits per heavy atom. The standard InChI is InChI=1S/C21H27N3O4S2/c1-16(23-9-11-28-12-10-23)14-22-21(25)20-19(7-13-29-20)30(26,27)24-8-6-17-4-2-3-5-18(17)15-24/h2-5,7,13,16H,6,8-12,14-15H2,1H3,(H,22,25). The van der Waals surface area contributed by atoms with Gasteiger partial charge in [0.2, 0.25) is 10.0 Å². The highest BCUT2D eigenvalue weighted by atomic mass is 32.2. The molecular formula is C21H27N3O4S2. The van der Waals surface area contributed by atoms with Gasteiger partial charge in [0.05, 0.1) is 13.2 Å². The molecule has 2 aliphatic rings. The fourth-order valence-corrected chi connectivity index (χ4v) is 6.68. The van der Waals surface area contributed by atoms with Crippen molar-refractivity contribution in [3.8, 4) is 0 Å². The van der Waals surface area contributed by atoms with E-state index >= 15 is 0 Å². The number of carbonyl (C=O) groups excluding carboxylic acids is 1. The molecule has 1 aromatic heterocycles. The quantitative estimate of drug-likeness (QED) is 0.729. The van der Waals surface area contributed by atoms with Gasteiger partial charge >= 0.3 is 0 Å². The molecule has 1 fully saturated rings. The maximum Gasteiger partial charge on any atom is 0.262 e. The van der Waals surface area contributed by atoms with Gasteiger partial charge in [-0.1, -0.05) is 24.3 Å². The summed E-state index contributed by atoms with van der Waals surface area (Å²) in [5.74, 6) is -0.332. The van der Waals surface area contributed by atoms with Gasteiger partial charge in [0.15, 0.2) is 0 Å². The first-order valence-electron chi connectivity index (χ1n) is 10.2. The average molecular weight is 450 g/mol. The summed E-state index contributed by atoms with van der Waals surface area (Å²) in [6.07, 6.45) is 0.679. The van der Waals surface area contributed by atoms with Crippen LogP contribution >= 0.6 is 11.3 Å². The van der Waals surface area contributed by atoms with Crippen molar-refractivity contribution in [1.29, 1.82) is 0 Å². The molecule has 0 radical (unpaired) electrons. The summed E-state index contributed by atoms with van der Waals surface area (Å²) in [4.78, 5) is 15.4. The van der Waals surface area contributed by atoms with Crippen LogP contribution in [0.15, 0.2) is 40.6 Å². The summed E-state index contributed by atoms with van der Waals surface area (Å²) in [5, 5.41) is 4.59. The van der Waals surface area contributed by atoms with Crippen molar-refractivity contribution < 1.29 is 17.9 Å². The lowest BCUT2D eigenvalue weighted by Gasteiger charge is -2.32. The third kappa shape index (κ3) is 4.45. The Hall–Kier alpha value is -1.78. The van der Waals surface area contributed by atoms with E-state index in [9.17, 15) is 13.2 Å². The summed E-state index contributed by atoms with van der Waals surface area (Å²) in [6, 6.07) is 9.61. The number of hydrogen-bond donors (Lipinski definition) is 1. The number of thiophene rings is 1. The number of nitrogens with one attached hydrogen (secondary N) is 1. The van der Waals surface area contributed by atoms with E-state index in [4.69, 9.17) is 4.74 Å². The largest absolute Gasteiger partial charge is 0.379 e. The lowest BCUT2D eigenvalue weighted by molar-refractivity contribution is 0.0204. The normalized spacial score (nSPS) is 19.2. The zero-order chi connectivity index (χ0) is 21.1. The molecule has 9 heteroatoms. The van der Waals surface area contributed by atoms with Crippen molar-refractivity contribution in [3.63, 3.8) is 0 Å². The molecule has 7 nitrogen and oxygen atoms in total. The minimum atomic E-state index is -3.74. The van der Waals surface area contributed by atoms with Crippen LogP contribution in [0.25, 0.3) is 0 Å². The molecule has 3 heterocycles. The van der Waals surface area contributed by atoms with E-state index in [0.29, 0.717) is 39.3 Å². The maximum atomic E-state index is 13.3. The molecule has 1 aromatic carbocycles. The molecular weight excluding hydrogens is 422 g/mol. The second-order valence-corrected chi connectivity index (χ2v) is 10.5. The summed E-state index contributed by atoms with van der Waals surface area (Å²) in [6.45, 7) is 6.36. The van der Waals surface area contributed by atoms with Crippen LogP contribution in [0.3, 0.4) is 0 Å². The van der Waals surface area contributed by atoms with Crippen LogP contribution in [0.4, 0.5) is 0 Å². The first kappa shape index (κ1) is 21.5. The highest BCUT2D eigenvalue weighted by molar-refractivity contribution is 7.89. The number of ether oxygens (including phenoxy) is 1. The number of morpholine rings is 1. The van der Waals surface area contributed by atoms with E-state index in [1.807, 2.05) is 24.3 Å². The summed E-state index contributed by atoms with van der Waals surface area (Å²) >= 11 is 1.17. The predicted octanol–water partition coefficient (Wildman–Crippen LogP) is 1.95. The Balaban J connectivity index is 1.45. The van der Waals surface area contributed by atoms with Gasteiger partial charge < -0.3 is 10.1 Å². The van der Waals surface area contributed by atoms with Crippen LogP contribution in [-0.2, 0) is 27.7 Å². The Morgan fingerprint density at radius 2 is 1.90 bits per heavy atom. The van der Waals surface area contributed by atoms with Crippen molar-refractivity contribution in [2.24, 2.45) is 0 Å². The molecule has 2 aromatic rings. The van der Waals surface area contributed by atoms with E-state index in [1.54, 1.807) is 11.4 Å². The van der Waals surface area contributed by atoms with Gasteiger partial charge in [-0.3, -0.25) is 9.69 Å². The minimum absolute atomic E-state index is 0.100. The molecule has 0 bridgehead atoms. The van der Waals surface area contributed by atoms with E-state index in [0.717, 1.165) is 18.7 Å². The zero-order valence-electron chi connectivity index (χ0n) is 17.0. The molecule has 0 spiro atoms. The number of fused-ring (bicyclic) bond motifs is 1. The van der Waals surface area contributed by atoms with E-state index in [-0.39, 0.29) is 21.7 Å². The Bertz CT molecular complexity index is 999. The van der Waals surface area contributed by atoms with Crippen molar-refractivity contribution in [1.82, 2.24) is 14.5 Å². The highest BCUT2D eigenvalue weighted by Gasteiger charge is 2.32. The first-order valence-corrected chi connectivity index (χ1v) is 12.5. The topological polar surface area (TPSA) is 79.0 Å². The van der Waals surface area contributed by atoms with Crippen LogP contribution in [0, 0.1) is 0 Å².